The smallest absolute Gasteiger partial charge is 0.229 e. The second kappa shape index (κ2) is 9.87. The number of aryl methyl sites for hydroxylation is 1. The summed E-state index contributed by atoms with van der Waals surface area (Å²) < 4.78 is 31.6. The largest absolute Gasteiger partial charge is 0.326 e. The molecule has 36 heavy (non-hydrogen) atoms. The van der Waals surface area contributed by atoms with Crippen molar-refractivity contribution >= 4 is 22.8 Å². The molecule has 3 aromatic heterocycles. The van der Waals surface area contributed by atoms with E-state index in [2.05, 4.69) is 42.4 Å². The molecule has 0 bridgehead atoms. The SMILES string of the molecule is Cc1nc2c(F)cc(-c3nc(Nc4ccc(CN5CCNC[C@@H]5C)cn4)ncc3F)cc2n1C(C)C. The Labute approximate surface area is 208 Å². The number of pyridine rings is 1. The van der Waals surface area contributed by atoms with Crippen LogP contribution < -0.4 is 10.6 Å². The quantitative estimate of drug-likeness (QED) is 0.407. The third kappa shape index (κ3) is 4.78. The molecule has 0 spiro atoms. The number of fused-ring (bicyclic) bond motifs is 1. The second-order valence-electron chi connectivity index (χ2n) is 9.54. The van der Waals surface area contributed by atoms with Gasteiger partial charge < -0.3 is 15.2 Å². The predicted molar refractivity (Wildman–Crippen MR) is 136 cm³/mol. The lowest BCUT2D eigenvalue weighted by Gasteiger charge is -2.33. The van der Waals surface area contributed by atoms with Crippen molar-refractivity contribution in [2.24, 2.45) is 0 Å². The Morgan fingerprint density at radius 3 is 2.67 bits per heavy atom. The van der Waals surface area contributed by atoms with Gasteiger partial charge in [-0.15, -0.1) is 0 Å². The summed E-state index contributed by atoms with van der Waals surface area (Å²) in [5, 5.41) is 6.43. The molecule has 1 atom stereocenters. The fraction of sp³-hybridized carbons (Fsp3) is 0.385. The number of rotatable bonds is 6. The third-order valence-corrected chi connectivity index (χ3v) is 6.55. The standard InChI is InChI=1S/C26H30F2N8/c1-15(2)36-17(4)32-25-20(27)9-19(10-22(25)36)24-21(28)13-31-26(34-24)33-23-6-5-18(12-30-23)14-35-8-7-29-11-16(35)3/h5-6,9-10,12-13,15-16,29H,7-8,11,14H2,1-4H3,(H,30,31,33,34)/t16-/m0/s1. The van der Waals surface area contributed by atoms with Crippen molar-refractivity contribution in [1.29, 1.82) is 0 Å². The lowest BCUT2D eigenvalue weighted by atomic mass is 10.1. The van der Waals surface area contributed by atoms with E-state index in [1.165, 1.54) is 6.07 Å². The summed E-state index contributed by atoms with van der Waals surface area (Å²) >= 11 is 0. The van der Waals surface area contributed by atoms with E-state index in [0.29, 0.717) is 28.8 Å². The van der Waals surface area contributed by atoms with Gasteiger partial charge in [-0.2, -0.15) is 0 Å². The van der Waals surface area contributed by atoms with Gasteiger partial charge in [-0.05, 0) is 51.5 Å². The van der Waals surface area contributed by atoms with Crippen molar-refractivity contribution in [1.82, 2.24) is 34.7 Å². The van der Waals surface area contributed by atoms with Gasteiger partial charge >= 0.3 is 0 Å². The van der Waals surface area contributed by atoms with E-state index in [9.17, 15) is 8.78 Å². The zero-order chi connectivity index (χ0) is 25.4. The van der Waals surface area contributed by atoms with Gasteiger partial charge in [0.2, 0.25) is 5.95 Å². The second-order valence-corrected chi connectivity index (χ2v) is 9.54. The summed E-state index contributed by atoms with van der Waals surface area (Å²) in [7, 11) is 0. The predicted octanol–water partition coefficient (Wildman–Crippen LogP) is 4.59. The fourth-order valence-corrected chi connectivity index (χ4v) is 4.75. The van der Waals surface area contributed by atoms with Crippen LogP contribution in [0.3, 0.4) is 0 Å². The molecular formula is C26H30F2N8. The molecule has 1 aliphatic rings. The number of imidazole rings is 1. The lowest BCUT2D eigenvalue weighted by Crippen LogP contribution is -2.49. The number of hydrogen-bond donors (Lipinski definition) is 2. The van der Waals surface area contributed by atoms with Crippen LogP contribution in [-0.2, 0) is 6.54 Å². The molecule has 5 rings (SSSR count). The van der Waals surface area contributed by atoms with E-state index in [1.54, 1.807) is 6.07 Å². The summed E-state index contributed by atoms with van der Waals surface area (Å²) in [6, 6.07) is 7.38. The topological polar surface area (TPSA) is 83.8 Å². The van der Waals surface area contributed by atoms with E-state index in [0.717, 1.165) is 37.9 Å². The minimum Gasteiger partial charge on any atom is -0.326 e. The van der Waals surface area contributed by atoms with Gasteiger partial charge in [0.15, 0.2) is 11.6 Å². The molecule has 1 fully saturated rings. The van der Waals surface area contributed by atoms with Crippen molar-refractivity contribution in [3.8, 4) is 11.3 Å². The highest BCUT2D eigenvalue weighted by atomic mass is 19.1. The van der Waals surface area contributed by atoms with Crippen molar-refractivity contribution in [2.75, 3.05) is 25.0 Å². The molecule has 8 nitrogen and oxygen atoms in total. The van der Waals surface area contributed by atoms with Gasteiger partial charge in [-0.25, -0.2) is 28.7 Å². The number of anilines is 2. The van der Waals surface area contributed by atoms with E-state index in [-0.39, 0.29) is 23.2 Å². The van der Waals surface area contributed by atoms with Crippen molar-refractivity contribution < 1.29 is 8.78 Å². The number of nitrogens with zero attached hydrogens (tertiary/aromatic N) is 6. The molecule has 1 aromatic carbocycles. The lowest BCUT2D eigenvalue weighted by molar-refractivity contribution is 0.165. The van der Waals surface area contributed by atoms with Gasteiger partial charge in [0, 0.05) is 50.0 Å². The molecule has 0 saturated carbocycles. The van der Waals surface area contributed by atoms with Crippen LogP contribution in [0, 0.1) is 18.6 Å². The zero-order valence-electron chi connectivity index (χ0n) is 20.9. The minimum atomic E-state index is -0.639. The Morgan fingerprint density at radius 2 is 1.94 bits per heavy atom. The van der Waals surface area contributed by atoms with Crippen molar-refractivity contribution in [2.45, 2.75) is 46.3 Å². The van der Waals surface area contributed by atoms with Crippen LogP contribution in [0.1, 0.15) is 38.2 Å². The Hall–Kier alpha value is -3.50. The number of piperazine rings is 1. The summed E-state index contributed by atoms with van der Waals surface area (Å²) in [6.45, 7) is 11.8. The maximum atomic E-state index is 14.9. The van der Waals surface area contributed by atoms with Crippen LogP contribution >= 0.6 is 0 Å². The van der Waals surface area contributed by atoms with Gasteiger partial charge in [0.1, 0.15) is 22.9 Å². The van der Waals surface area contributed by atoms with Crippen LogP contribution in [0.25, 0.3) is 22.3 Å². The van der Waals surface area contributed by atoms with Crippen LogP contribution in [0.15, 0.2) is 36.7 Å². The Kier molecular flexibility index (Phi) is 6.63. The number of aromatic nitrogens is 5. The minimum absolute atomic E-state index is 0.00627. The summed E-state index contributed by atoms with van der Waals surface area (Å²) in [6.07, 6.45) is 2.90. The molecule has 188 valence electrons. The first-order valence-corrected chi connectivity index (χ1v) is 12.2. The monoisotopic (exact) mass is 492 g/mol. The van der Waals surface area contributed by atoms with Crippen LogP contribution in [0.4, 0.5) is 20.5 Å². The normalized spacial score (nSPS) is 16.7. The van der Waals surface area contributed by atoms with Gasteiger partial charge in [-0.3, -0.25) is 4.90 Å². The third-order valence-electron chi connectivity index (χ3n) is 6.55. The van der Waals surface area contributed by atoms with E-state index < -0.39 is 11.6 Å². The maximum Gasteiger partial charge on any atom is 0.229 e. The number of hydrogen-bond acceptors (Lipinski definition) is 7. The maximum absolute atomic E-state index is 14.9. The molecule has 1 aliphatic heterocycles. The van der Waals surface area contributed by atoms with Crippen LogP contribution in [0.5, 0.6) is 0 Å². The molecule has 0 amide bonds. The molecule has 4 heterocycles. The van der Waals surface area contributed by atoms with E-state index in [1.807, 2.05) is 43.7 Å². The summed E-state index contributed by atoms with van der Waals surface area (Å²) in [5.41, 5.74) is 2.29. The van der Waals surface area contributed by atoms with E-state index in [4.69, 9.17) is 0 Å². The molecule has 2 N–H and O–H groups in total. The van der Waals surface area contributed by atoms with Gasteiger partial charge in [-0.1, -0.05) is 6.07 Å². The number of halogens is 2. The first kappa shape index (κ1) is 24.2. The molecular weight excluding hydrogens is 462 g/mol. The fourth-order valence-electron chi connectivity index (χ4n) is 4.75. The summed E-state index contributed by atoms with van der Waals surface area (Å²) in [4.78, 5) is 19.6. The molecule has 0 unspecified atom stereocenters. The summed E-state index contributed by atoms with van der Waals surface area (Å²) in [5.74, 6) is 0.257. The highest BCUT2D eigenvalue weighted by Gasteiger charge is 2.19. The number of benzene rings is 1. The molecule has 4 aromatic rings. The van der Waals surface area contributed by atoms with Crippen molar-refractivity contribution in [3.63, 3.8) is 0 Å². The Bertz CT molecular complexity index is 1380. The van der Waals surface area contributed by atoms with Gasteiger partial charge in [0.05, 0.1) is 11.7 Å². The molecule has 0 aliphatic carbocycles. The Balaban J connectivity index is 1.39. The van der Waals surface area contributed by atoms with Crippen LogP contribution in [0.2, 0.25) is 0 Å². The highest BCUT2D eigenvalue weighted by Crippen LogP contribution is 2.30. The van der Waals surface area contributed by atoms with E-state index >= 15 is 0 Å². The average molecular weight is 493 g/mol. The highest BCUT2D eigenvalue weighted by molar-refractivity contribution is 5.83. The first-order valence-electron chi connectivity index (χ1n) is 12.2. The molecule has 0 radical (unpaired) electrons. The average Bonchev–Trinajstić information content (AvgIpc) is 3.19. The van der Waals surface area contributed by atoms with Gasteiger partial charge in [0.25, 0.3) is 0 Å². The van der Waals surface area contributed by atoms with Crippen LogP contribution in [-0.4, -0.2) is 55.1 Å². The zero-order valence-corrected chi connectivity index (χ0v) is 20.9. The molecule has 1 saturated heterocycles. The Morgan fingerprint density at radius 1 is 1.11 bits per heavy atom. The molecule has 10 heteroatoms. The first-order chi connectivity index (χ1) is 17.3. The van der Waals surface area contributed by atoms with Crippen molar-refractivity contribution in [3.05, 3.63) is 59.7 Å². The number of nitrogens with one attached hydrogen (secondary N) is 2.